The number of pyridine rings is 2. The summed E-state index contributed by atoms with van der Waals surface area (Å²) in [4.78, 5) is 12.5. The standard InChI is InChI=1S/C42H48FN3O/c1-26-21-29(40(3,4)5)22-27(2)38(26)46(31-16-12-15-28(23-31)32-17-13-18-34(43)39(32)47)36-20-14-19-35(45-36)37-33(42(9,10)11)24-30(25-44-37)41(6,7)8/h12-25,47H,1-11H3. The molecule has 0 atom stereocenters. The Morgan fingerprint density at radius 3 is 1.91 bits per heavy atom. The van der Waals surface area contributed by atoms with Crippen molar-refractivity contribution in [3.05, 3.63) is 119 Å². The molecule has 3 aromatic carbocycles. The number of phenols is 1. The smallest absolute Gasteiger partial charge is 0.165 e. The van der Waals surface area contributed by atoms with Crippen LogP contribution in [0.3, 0.4) is 0 Å². The van der Waals surface area contributed by atoms with Gasteiger partial charge in [-0.1, -0.05) is 111 Å². The van der Waals surface area contributed by atoms with E-state index in [1.807, 2.05) is 48.7 Å². The lowest BCUT2D eigenvalue weighted by atomic mass is 9.80. The molecule has 0 bridgehead atoms. The predicted octanol–water partition coefficient (Wildman–Crippen LogP) is 11.6. The van der Waals surface area contributed by atoms with Crippen LogP contribution in [-0.4, -0.2) is 15.1 Å². The average molecular weight is 630 g/mol. The van der Waals surface area contributed by atoms with E-state index in [1.165, 1.54) is 17.2 Å². The number of nitrogens with zero attached hydrogens (tertiary/aromatic N) is 3. The molecule has 5 heteroatoms. The Morgan fingerprint density at radius 2 is 1.30 bits per heavy atom. The molecule has 5 rings (SSSR count). The van der Waals surface area contributed by atoms with E-state index in [2.05, 4.69) is 99.3 Å². The largest absolute Gasteiger partial charge is 0.504 e. The van der Waals surface area contributed by atoms with Gasteiger partial charge in [0, 0.05) is 17.4 Å². The maximum absolute atomic E-state index is 14.4. The quantitative estimate of drug-likeness (QED) is 0.210. The van der Waals surface area contributed by atoms with Gasteiger partial charge in [0.15, 0.2) is 11.6 Å². The molecule has 4 nitrogen and oxygen atoms in total. The van der Waals surface area contributed by atoms with Crippen LogP contribution in [-0.2, 0) is 16.2 Å². The van der Waals surface area contributed by atoms with Gasteiger partial charge in [0.25, 0.3) is 0 Å². The minimum Gasteiger partial charge on any atom is -0.504 e. The van der Waals surface area contributed by atoms with Crippen LogP contribution in [0.1, 0.15) is 90.1 Å². The second kappa shape index (κ2) is 12.3. The van der Waals surface area contributed by atoms with Crippen LogP contribution in [0.15, 0.2) is 85.1 Å². The maximum atomic E-state index is 14.4. The molecular weight excluding hydrogens is 581 g/mol. The number of anilines is 3. The monoisotopic (exact) mass is 629 g/mol. The molecule has 0 radical (unpaired) electrons. The Morgan fingerprint density at radius 1 is 0.681 bits per heavy atom. The van der Waals surface area contributed by atoms with Crippen LogP contribution in [0.25, 0.3) is 22.5 Å². The van der Waals surface area contributed by atoms with Crippen molar-refractivity contribution in [3.63, 3.8) is 0 Å². The van der Waals surface area contributed by atoms with Crippen LogP contribution in [0.5, 0.6) is 5.75 Å². The maximum Gasteiger partial charge on any atom is 0.165 e. The van der Waals surface area contributed by atoms with E-state index in [1.54, 1.807) is 12.1 Å². The van der Waals surface area contributed by atoms with E-state index in [4.69, 9.17) is 9.97 Å². The van der Waals surface area contributed by atoms with Gasteiger partial charge in [-0.3, -0.25) is 9.88 Å². The van der Waals surface area contributed by atoms with Crippen LogP contribution in [0.2, 0.25) is 0 Å². The fraction of sp³-hybridized carbons (Fsp3) is 0.333. The summed E-state index contributed by atoms with van der Waals surface area (Å²) in [7, 11) is 0. The summed E-state index contributed by atoms with van der Waals surface area (Å²) in [6, 6.07) is 25.3. The molecular formula is C42H48FN3O. The molecule has 0 saturated heterocycles. The third-order valence-electron chi connectivity index (χ3n) is 8.75. The van der Waals surface area contributed by atoms with Gasteiger partial charge in [-0.2, -0.15) is 0 Å². The highest BCUT2D eigenvalue weighted by Gasteiger charge is 2.27. The average Bonchev–Trinajstić information content (AvgIpc) is 2.98. The van der Waals surface area contributed by atoms with E-state index in [-0.39, 0.29) is 22.0 Å². The number of aromatic nitrogens is 2. The van der Waals surface area contributed by atoms with Crippen LogP contribution < -0.4 is 4.90 Å². The molecule has 47 heavy (non-hydrogen) atoms. The van der Waals surface area contributed by atoms with Crippen molar-refractivity contribution in [3.8, 4) is 28.3 Å². The molecule has 0 spiro atoms. The lowest BCUT2D eigenvalue weighted by Crippen LogP contribution is -2.19. The molecule has 0 saturated carbocycles. The summed E-state index contributed by atoms with van der Waals surface area (Å²) in [5.74, 6) is -0.278. The van der Waals surface area contributed by atoms with E-state index < -0.39 is 5.82 Å². The predicted molar refractivity (Wildman–Crippen MR) is 195 cm³/mol. The van der Waals surface area contributed by atoms with Crippen LogP contribution in [0, 0.1) is 19.7 Å². The first-order valence-electron chi connectivity index (χ1n) is 16.3. The Balaban J connectivity index is 1.76. The van der Waals surface area contributed by atoms with Gasteiger partial charge in [-0.15, -0.1) is 0 Å². The first-order valence-corrected chi connectivity index (χ1v) is 16.3. The summed E-state index contributed by atoms with van der Waals surface area (Å²) in [5.41, 5.74) is 10.3. The zero-order chi connectivity index (χ0) is 34.5. The van der Waals surface area contributed by atoms with E-state index in [0.717, 1.165) is 45.3 Å². The normalized spacial score (nSPS) is 12.3. The van der Waals surface area contributed by atoms with Crippen molar-refractivity contribution in [2.24, 2.45) is 0 Å². The molecule has 2 heterocycles. The number of hydrogen-bond donors (Lipinski definition) is 1. The van der Waals surface area contributed by atoms with Gasteiger partial charge in [-0.25, -0.2) is 9.37 Å². The third-order valence-corrected chi connectivity index (χ3v) is 8.75. The van der Waals surface area contributed by atoms with Crippen molar-refractivity contribution >= 4 is 17.2 Å². The number of para-hydroxylation sites is 1. The molecule has 5 aromatic rings. The summed E-state index contributed by atoms with van der Waals surface area (Å²) in [6.07, 6.45) is 1.98. The fourth-order valence-electron chi connectivity index (χ4n) is 6.01. The van der Waals surface area contributed by atoms with Gasteiger partial charge in [0.2, 0.25) is 0 Å². The van der Waals surface area contributed by atoms with Crippen LogP contribution in [0.4, 0.5) is 21.6 Å². The summed E-state index contributed by atoms with van der Waals surface area (Å²) >= 11 is 0. The number of aromatic hydroxyl groups is 1. The van der Waals surface area contributed by atoms with Crippen molar-refractivity contribution in [2.75, 3.05) is 4.90 Å². The first-order chi connectivity index (χ1) is 21.9. The number of rotatable bonds is 5. The first kappa shape index (κ1) is 33.8. The Labute approximate surface area is 280 Å². The summed E-state index contributed by atoms with van der Waals surface area (Å²) in [5, 5.41) is 10.6. The van der Waals surface area contributed by atoms with Gasteiger partial charge in [0.1, 0.15) is 5.82 Å². The molecule has 244 valence electrons. The number of halogens is 1. The number of hydrogen-bond acceptors (Lipinski definition) is 4. The highest BCUT2D eigenvalue weighted by atomic mass is 19.1. The summed E-state index contributed by atoms with van der Waals surface area (Å²) < 4.78 is 14.4. The fourth-order valence-corrected chi connectivity index (χ4v) is 6.01. The zero-order valence-electron chi connectivity index (χ0n) is 29.7. The molecule has 0 amide bonds. The van der Waals surface area contributed by atoms with Gasteiger partial charge in [-0.05, 0) is 93.8 Å². The number of phenolic OH excluding ortho intramolecular Hbond substituents is 1. The lowest BCUT2D eigenvalue weighted by molar-refractivity contribution is 0.434. The number of aryl methyl sites for hydroxylation is 2. The highest BCUT2D eigenvalue weighted by molar-refractivity contribution is 5.83. The highest BCUT2D eigenvalue weighted by Crippen LogP contribution is 2.43. The van der Waals surface area contributed by atoms with E-state index >= 15 is 0 Å². The Bertz CT molecular complexity index is 1920. The minimum absolute atomic E-state index is 0.0138. The molecule has 0 unspecified atom stereocenters. The van der Waals surface area contributed by atoms with Crippen molar-refractivity contribution in [1.82, 2.24) is 9.97 Å². The zero-order valence-corrected chi connectivity index (χ0v) is 29.7. The molecule has 1 N–H and O–H groups in total. The molecule has 0 aliphatic heterocycles. The second-order valence-electron chi connectivity index (χ2n) is 15.7. The SMILES string of the molecule is Cc1cc(C(C)(C)C)cc(C)c1N(c1cccc(-c2cccc(F)c2O)c1)c1cccc(-c2ncc(C(C)(C)C)cc2C(C)(C)C)n1. The van der Waals surface area contributed by atoms with Crippen molar-refractivity contribution in [2.45, 2.75) is 92.4 Å². The molecule has 0 aliphatic carbocycles. The topological polar surface area (TPSA) is 49.2 Å². The van der Waals surface area contributed by atoms with E-state index in [9.17, 15) is 9.50 Å². The third kappa shape index (κ3) is 6.95. The van der Waals surface area contributed by atoms with Gasteiger partial charge >= 0.3 is 0 Å². The number of benzene rings is 3. The minimum atomic E-state index is -0.650. The lowest BCUT2D eigenvalue weighted by Gasteiger charge is -2.31. The Hall–Kier alpha value is -4.51. The molecule has 0 fully saturated rings. The molecule has 2 aromatic heterocycles. The second-order valence-corrected chi connectivity index (χ2v) is 15.7. The summed E-state index contributed by atoms with van der Waals surface area (Å²) in [6.45, 7) is 24.2. The van der Waals surface area contributed by atoms with Crippen molar-refractivity contribution < 1.29 is 9.50 Å². The van der Waals surface area contributed by atoms with Crippen LogP contribution >= 0.6 is 0 Å². The van der Waals surface area contributed by atoms with E-state index in [0.29, 0.717) is 11.1 Å². The molecule has 0 aliphatic rings. The Kier molecular flexibility index (Phi) is 8.83. The van der Waals surface area contributed by atoms with Gasteiger partial charge in [0.05, 0.1) is 17.1 Å². The van der Waals surface area contributed by atoms with Crippen molar-refractivity contribution in [1.29, 1.82) is 0 Å². The van der Waals surface area contributed by atoms with Gasteiger partial charge < -0.3 is 5.11 Å².